The summed E-state index contributed by atoms with van der Waals surface area (Å²) < 4.78 is 1.89. The van der Waals surface area contributed by atoms with Crippen LogP contribution in [0.2, 0.25) is 0 Å². The van der Waals surface area contributed by atoms with Crippen LogP contribution in [-0.4, -0.2) is 9.67 Å². The molecule has 0 amide bonds. The van der Waals surface area contributed by atoms with E-state index in [1.165, 1.54) is 0 Å². The van der Waals surface area contributed by atoms with Gasteiger partial charge in [-0.25, -0.2) is 0 Å². The van der Waals surface area contributed by atoms with Gasteiger partial charge >= 0.3 is 0 Å². The lowest BCUT2D eigenvalue weighted by molar-refractivity contribution is 0.465. The van der Waals surface area contributed by atoms with Gasteiger partial charge in [0.15, 0.2) is 0 Å². The fourth-order valence-electron chi connectivity index (χ4n) is 1.01. The largest absolute Gasteiger partial charge is 0.506 e. The number of rotatable bonds is 1. The summed E-state index contributed by atoms with van der Waals surface area (Å²) in [6, 6.07) is 0. The zero-order valence-electron chi connectivity index (χ0n) is 6.13. The number of hydrogen-bond donors (Lipinski definition) is 2. The van der Waals surface area contributed by atoms with Gasteiger partial charge in [-0.2, -0.15) is 12.6 Å². The summed E-state index contributed by atoms with van der Waals surface area (Å²) in [4.78, 5) is 0. The van der Waals surface area contributed by atoms with Crippen LogP contribution in [-0.2, 0) is 12.8 Å². The molecule has 3 heteroatoms. The molecule has 10 heavy (non-hydrogen) atoms. The van der Waals surface area contributed by atoms with E-state index in [0.29, 0.717) is 11.5 Å². The fraction of sp³-hybridized carbons (Fsp3) is 0.429. The highest BCUT2D eigenvalue weighted by Crippen LogP contribution is 2.23. The average molecular weight is 157 g/mol. The van der Waals surface area contributed by atoms with Crippen LogP contribution < -0.4 is 0 Å². The number of hydrogen-bond acceptors (Lipinski definition) is 2. The molecule has 0 aliphatic heterocycles. The van der Waals surface area contributed by atoms with Crippen LogP contribution in [0.15, 0.2) is 6.20 Å². The first-order valence-electron chi connectivity index (χ1n) is 3.11. The third-order valence-electron chi connectivity index (χ3n) is 1.61. The molecule has 0 spiro atoms. The van der Waals surface area contributed by atoms with E-state index in [4.69, 9.17) is 0 Å². The summed E-state index contributed by atoms with van der Waals surface area (Å²) >= 11 is 4.08. The highest BCUT2D eigenvalue weighted by atomic mass is 32.1. The molecule has 2 nitrogen and oxygen atoms in total. The van der Waals surface area contributed by atoms with Gasteiger partial charge < -0.3 is 9.67 Å². The van der Waals surface area contributed by atoms with E-state index in [2.05, 4.69) is 12.6 Å². The summed E-state index contributed by atoms with van der Waals surface area (Å²) in [5.74, 6) is 0.952. The van der Waals surface area contributed by atoms with Gasteiger partial charge in [-0.15, -0.1) is 0 Å². The first-order valence-corrected chi connectivity index (χ1v) is 3.74. The monoisotopic (exact) mass is 157 g/mol. The number of thiol groups is 1. The van der Waals surface area contributed by atoms with E-state index in [1.54, 1.807) is 0 Å². The number of aromatic nitrogens is 1. The minimum absolute atomic E-state index is 0.373. The Bertz CT molecular complexity index is 242. The molecule has 1 rings (SSSR count). The molecule has 1 heterocycles. The molecule has 0 aromatic carbocycles. The zero-order valence-corrected chi connectivity index (χ0v) is 7.02. The predicted octanol–water partition coefficient (Wildman–Crippen LogP) is 1.47. The first-order chi connectivity index (χ1) is 4.66. The van der Waals surface area contributed by atoms with Crippen molar-refractivity contribution in [3.8, 4) is 5.75 Å². The lowest BCUT2D eigenvalue weighted by atomic mass is 10.3. The summed E-state index contributed by atoms with van der Waals surface area (Å²) in [7, 11) is 1.90. The summed E-state index contributed by atoms with van der Waals surface area (Å²) in [5.41, 5.74) is 1.78. The van der Waals surface area contributed by atoms with Gasteiger partial charge in [-0.05, 0) is 6.92 Å². The zero-order chi connectivity index (χ0) is 7.72. The van der Waals surface area contributed by atoms with E-state index in [9.17, 15) is 5.11 Å². The normalized spacial score (nSPS) is 10.3. The highest BCUT2D eigenvalue weighted by Gasteiger charge is 2.06. The molecule has 0 saturated heterocycles. The molecular formula is C7H11NOS. The number of aromatic hydroxyl groups is 1. The van der Waals surface area contributed by atoms with Gasteiger partial charge in [0, 0.05) is 24.6 Å². The number of nitrogens with zero attached hydrogens (tertiary/aromatic N) is 1. The van der Waals surface area contributed by atoms with E-state index in [1.807, 2.05) is 24.7 Å². The number of aryl methyl sites for hydroxylation is 2. The Labute approximate surface area is 65.9 Å². The quantitative estimate of drug-likeness (QED) is 0.593. The van der Waals surface area contributed by atoms with E-state index < -0.39 is 0 Å². The third kappa shape index (κ3) is 1.01. The van der Waals surface area contributed by atoms with Gasteiger partial charge in [0.1, 0.15) is 5.75 Å². The van der Waals surface area contributed by atoms with E-state index >= 15 is 0 Å². The summed E-state index contributed by atoms with van der Waals surface area (Å²) in [6.45, 7) is 1.88. The second-order valence-electron chi connectivity index (χ2n) is 2.38. The first kappa shape index (κ1) is 7.54. The molecule has 0 radical (unpaired) electrons. The van der Waals surface area contributed by atoms with Crippen LogP contribution >= 0.6 is 12.6 Å². The molecular weight excluding hydrogens is 146 g/mol. The smallest absolute Gasteiger partial charge is 0.140 e. The van der Waals surface area contributed by atoms with Crippen LogP contribution in [0.25, 0.3) is 0 Å². The molecule has 56 valence electrons. The molecule has 1 aromatic heterocycles. The molecule has 0 unspecified atom stereocenters. The molecule has 1 N–H and O–H groups in total. The second kappa shape index (κ2) is 2.58. The minimum Gasteiger partial charge on any atom is -0.506 e. The van der Waals surface area contributed by atoms with Gasteiger partial charge in [-0.1, -0.05) is 0 Å². The maximum atomic E-state index is 9.35. The van der Waals surface area contributed by atoms with E-state index in [-0.39, 0.29) is 0 Å². The van der Waals surface area contributed by atoms with Crippen molar-refractivity contribution in [1.29, 1.82) is 0 Å². The van der Waals surface area contributed by atoms with Crippen LogP contribution in [0.1, 0.15) is 11.3 Å². The third-order valence-corrected chi connectivity index (χ3v) is 1.91. The molecule has 1 aromatic rings. The Hall–Kier alpha value is -0.570. The maximum absolute atomic E-state index is 9.35. The topological polar surface area (TPSA) is 25.2 Å². The lowest BCUT2D eigenvalue weighted by Gasteiger charge is -1.97. The Balaban J connectivity index is 3.20. The summed E-state index contributed by atoms with van der Waals surface area (Å²) in [6.07, 6.45) is 1.89. The van der Waals surface area contributed by atoms with Crippen molar-refractivity contribution in [3.05, 3.63) is 17.5 Å². The summed E-state index contributed by atoms with van der Waals surface area (Å²) in [5, 5.41) is 9.35. The van der Waals surface area contributed by atoms with Crippen LogP contribution in [0.4, 0.5) is 0 Å². The van der Waals surface area contributed by atoms with Crippen molar-refractivity contribution in [2.24, 2.45) is 7.05 Å². The van der Waals surface area contributed by atoms with Crippen molar-refractivity contribution in [1.82, 2.24) is 4.57 Å². The molecule has 0 aliphatic rings. The van der Waals surface area contributed by atoms with Crippen molar-refractivity contribution >= 4 is 12.6 Å². The molecule has 0 bridgehead atoms. The molecule has 0 fully saturated rings. The van der Waals surface area contributed by atoms with E-state index in [0.717, 1.165) is 11.3 Å². The Morgan fingerprint density at radius 1 is 1.70 bits per heavy atom. The van der Waals surface area contributed by atoms with Crippen molar-refractivity contribution < 1.29 is 5.11 Å². The van der Waals surface area contributed by atoms with Gasteiger partial charge in [0.05, 0.1) is 5.69 Å². The highest BCUT2D eigenvalue weighted by molar-refractivity contribution is 7.79. The van der Waals surface area contributed by atoms with Gasteiger partial charge in [-0.3, -0.25) is 0 Å². The Morgan fingerprint density at radius 2 is 2.30 bits per heavy atom. The fourth-order valence-corrected chi connectivity index (χ4v) is 1.38. The SMILES string of the molecule is Cc1cn(C)c(CS)c1O. The average Bonchev–Trinajstić information content (AvgIpc) is 2.09. The molecule has 0 saturated carbocycles. The van der Waals surface area contributed by atoms with Gasteiger partial charge in [0.2, 0.25) is 0 Å². The second-order valence-corrected chi connectivity index (χ2v) is 2.69. The van der Waals surface area contributed by atoms with Crippen molar-refractivity contribution in [2.45, 2.75) is 12.7 Å². The van der Waals surface area contributed by atoms with Crippen molar-refractivity contribution in [3.63, 3.8) is 0 Å². The predicted molar refractivity (Wildman–Crippen MR) is 44.5 cm³/mol. The molecule has 0 aliphatic carbocycles. The minimum atomic E-state index is 0.373. The van der Waals surface area contributed by atoms with Gasteiger partial charge in [0.25, 0.3) is 0 Å². The maximum Gasteiger partial charge on any atom is 0.140 e. The Morgan fingerprint density at radius 3 is 2.50 bits per heavy atom. The van der Waals surface area contributed by atoms with Crippen LogP contribution in [0, 0.1) is 6.92 Å². The lowest BCUT2D eigenvalue weighted by Crippen LogP contribution is -1.90. The Kier molecular flexibility index (Phi) is 1.94. The molecule has 0 atom stereocenters. The van der Waals surface area contributed by atoms with Crippen molar-refractivity contribution in [2.75, 3.05) is 0 Å². The van der Waals surface area contributed by atoms with Crippen LogP contribution in [0.3, 0.4) is 0 Å². The van der Waals surface area contributed by atoms with Crippen LogP contribution in [0.5, 0.6) is 5.75 Å². The standard InChI is InChI=1S/C7H11NOS/c1-5-3-8(2)6(4-10)7(5)9/h3,9-10H,4H2,1-2H3.